The molecule has 0 fully saturated rings. The number of aryl methyl sites for hydroxylation is 1. The summed E-state index contributed by atoms with van der Waals surface area (Å²) in [6.07, 6.45) is 3.65. The summed E-state index contributed by atoms with van der Waals surface area (Å²) in [4.78, 5) is 28.9. The van der Waals surface area contributed by atoms with Crippen molar-refractivity contribution in [3.05, 3.63) is 58.0 Å². The Morgan fingerprint density at radius 3 is 2.94 bits per heavy atom. The second-order valence-corrected chi connectivity index (χ2v) is 3.71. The van der Waals surface area contributed by atoms with Crippen molar-refractivity contribution in [2.75, 3.05) is 5.32 Å². The molecule has 2 heterocycles. The molecule has 0 spiro atoms. The molecule has 2 aromatic heterocycles. The highest BCUT2D eigenvalue weighted by Crippen LogP contribution is 2.10. The number of aromatic nitrogens is 2. The second kappa shape index (κ2) is 4.79. The van der Waals surface area contributed by atoms with Gasteiger partial charge in [-0.2, -0.15) is 0 Å². The van der Waals surface area contributed by atoms with Crippen molar-refractivity contribution >= 4 is 11.6 Å². The standard InChI is InChI=1S/C12H10FN3O2/c1-7-4-8(5-15-11(7)17)16-12(18)9-2-3-14-6-10(9)13/h2-6H,1H3,(H,15,17)(H,16,18). The highest BCUT2D eigenvalue weighted by atomic mass is 19.1. The fraction of sp³-hybridized carbons (Fsp3) is 0.0833. The van der Waals surface area contributed by atoms with E-state index < -0.39 is 11.7 Å². The predicted molar refractivity (Wildman–Crippen MR) is 63.9 cm³/mol. The second-order valence-electron chi connectivity index (χ2n) is 3.71. The van der Waals surface area contributed by atoms with Gasteiger partial charge in [-0.1, -0.05) is 0 Å². The van der Waals surface area contributed by atoms with Gasteiger partial charge in [0.1, 0.15) is 0 Å². The van der Waals surface area contributed by atoms with E-state index in [9.17, 15) is 14.0 Å². The van der Waals surface area contributed by atoms with E-state index in [1.54, 1.807) is 6.92 Å². The van der Waals surface area contributed by atoms with Crippen LogP contribution in [0.1, 0.15) is 15.9 Å². The van der Waals surface area contributed by atoms with Crippen molar-refractivity contribution in [1.82, 2.24) is 9.97 Å². The van der Waals surface area contributed by atoms with E-state index in [4.69, 9.17) is 0 Å². The number of amides is 1. The number of hydrogen-bond acceptors (Lipinski definition) is 3. The van der Waals surface area contributed by atoms with Crippen LogP contribution in [0.25, 0.3) is 0 Å². The molecule has 5 nitrogen and oxygen atoms in total. The third-order valence-corrected chi connectivity index (χ3v) is 2.36. The molecule has 0 saturated carbocycles. The summed E-state index contributed by atoms with van der Waals surface area (Å²) in [5.41, 5.74) is 0.522. The van der Waals surface area contributed by atoms with Crippen LogP contribution in [0.15, 0.2) is 35.5 Å². The number of nitrogens with zero attached hydrogens (tertiary/aromatic N) is 1. The van der Waals surface area contributed by atoms with E-state index in [-0.39, 0.29) is 11.1 Å². The molecule has 0 unspecified atom stereocenters. The van der Waals surface area contributed by atoms with E-state index in [1.165, 1.54) is 24.5 Å². The van der Waals surface area contributed by atoms with Crippen molar-refractivity contribution in [2.24, 2.45) is 0 Å². The van der Waals surface area contributed by atoms with Crippen LogP contribution < -0.4 is 10.9 Å². The van der Waals surface area contributed by atoms with Crippen molar-refractivity contribution in [3.8, 4) is 0 Å². The van der Waals surface area contributed by atoms with Gasteiger partial charge in [0, 0.05) is 18.0 Å². The van der Waals surface area contributed by atoms with Crippen LogP contribution in [0.5, 0.6) is 0 Å². The van der Waals surface area contributed by atoms with Crippen molar-refractivity contribution in [1.29, 1.82) is 0 Å². The number of pyridine rings is 2. The molecule has 6 heteroatoms. The number of hydrogen-bond donors (Lipinski definition) is 2. The Kier molecular flexibility index (Phi) is 3.18. The normalized spacial score (nSPS) is 10.1. The number of anilines is 1. The van der Waals surface area contributed by atoms with Gasteiger partial charge in [0.25, 0.3) is 11.5 Å². The largest absolute Gasteiger partial charge is 0.327 e. The number of carbonyl (C=O) groups excluding carboxylic acids is 1. The first kappa shape index (κ1) is 12.0. The summed E-state index contributed by atoms with van der Waals surface area (Å²) >= 11 is 0. The minimum Gasteiger partial charge on any atom is -0.327 e. The highest BCUT2D eigenvalue weighted by molar-refractivity contribution is 6.04. The number of H-pyrrole nitrogens is 1. The van der Waals surface area contributed by atoms with Crippen LogP contribution in [-0.4, -0.2) is 15.9 Å². The number of aromatic amines is 1. The molecular weight excluding hydrogens is 237 g/mol. The Morgan fingerprint density at radius 1 is 1.50 bits per heavy atom. The molecule has 1 amide bonds. The van der Waals surface area contributed by atoms with Gasteiger partial charge in [0.15, 0.2) is 5.82 Å². The molecule has 2 aromatic rings. The first-order valence-corrected chi connectivity index (χ1v) is 5.18. The lowest BCUT2D eigenvalue weighted by molar-refractivity contribution is 0.102. The number of rotatable bonds is 2. The van der Waals surface area contributed by atoms with Crippen LogP contribution in [0.2, 0.25) is 0 Å². The van der Waals surface area contributed by atoms with E-state index in [0.717, 1.165) is 6.20 Å². The minimum atomic E-state index is -0.698. The van der Waals surface area contributed by atoms with Crippen molar-refractivity contribution < 1.29 is 9.18 Å². The smallest absolute Gasteiger partial charge is 0.258 e. The van der Waals surface area contributed by atoms with Gasteiger partial charge in [-0.15, -0.1) is 0 Å². The molecule has 18 heavy (non-hydrogen) atoms. The summed E-state index contributed by atoms with van der Waals surface area (Å²) in [7, 11) is 0. The Morgan fingerprint density at radius 2 is 2.28 bits per heavy atom. The highest BCUT2D eigenvalue weighted by Gasteiger charge is 2.11. The average molecular weight is 247 g/mol. The SMILES string of the molecule is Cc1cc(NC(=O)c2ccncc2F)c[nH]c1=O. The maximum atomic E-state index is 13.3. The summed E-state index contributed by atoms with van der Waals surface area (Å²) in [5.74, 6) is -1.29. The van der Waals surface area contributed by atoms with E-state index >= 15 is 0 Å². The average Bonchev–Trinajstić information content (AvgIpc) is 2.34. The zero-order valence-electron chi connectivity index (χ0n) is 9.53. The minimum absolute atomic E-state index is 0.103. The van der Waals surface area contributed by atoms with Crippen LogP contribution in [0, 0.1) is 12.7 Å². The van der Waals surface area contributed by atoms with Crippen molar-refractivity contribution in [2.45, 2.75) is 6.92 Å². The van der Waals surface area contributed by atoms with Gasteiger partial charge >= 0.3 is 0 Å². The number of nitrogens with one attached hydrogen (secondary N) is 2. The van der Waals surface area contributed by atoms with Crippen LogP contribution in [0.4, 0.5) is 10.1 Å². The Hall–Kier alpha value is -2.50. The fourth-order valence-corrected chi connectivity index (χ4v) is 1.43. The molecule has 0 saturated heterocycles. The fourth-order valence-electron chi connectivity index (χ4n) is 1.43. The van der Waals surface area contributed by atoms with Gasteiger partial charge in [0.05, 0.1) is 17.4 Å². The Balaban J connectivity index is 2.24. The van der Waals surface area contributed by atoms with Crippen LogP contribution in [-0.2, 0) is 0 Å². The van der Waals surface area contributed by atoms with E-state index in [1.807, 2.05) is 0 Å². The van der Waals surface area contributed by atoms with Gasteiger partial charge in [-0.3, -0.25) is 14.6 Å². The molecular formula is C12H10FN3O2. The Labute approximate surface area is 102 Å². The summed E-state index contributed by atoms with van der Waals surface area (Å²) in [6, 6.07) is 2.79. The predicted octanol–water partition coefficient (Wildman–Crippen LogP) is 1.47. The molecule has 0 aliphatic heterocycles. The molecule has 0 aromatic carbocycles. The maximum absolute atomic E-state index is 13.3. The molecule has 2 rings (SSSR count). The molecule has 2 N–H and O–H groups in total. The molecule has 92 valence electrons. The van der Waals surface area contributed by atoms with Gasteiger partial charge in [-0.05, 0) is 19.1 Å². The lowest BCUT2D eigenvalue weighted by Gasteiger charge is -2.05. The lowest BCUT2D eigenvalue weighted by Crippen LogP contribution is -2.16. The van der Waals surface area contributed by atoms with E-state index in [0.29, 0.717) is 11.3 Å². The molecule has 0 aliphatic carbocycles. The van der Waals surface area contributed by atoms with Crippen molar-refractivity contribution in [3.63, 3.8) is 0 Å². The number of halogens is 1. The van der Waals surface area contributed by atoms with Gasteiger partial charge in [0.2, 0.25) is 0 Å². The monoisotopic (exact) mass is 247 g/mol. The third kappa shape index (κ3) is 2.42. The summed E-state index contributed by atoms with van der Waals surface area (Å²) in [5, 5.41) is 2.49. The summed E-state index contributed by atoms with van der Waals surface area (Å²) < 4.78 is 13.3. The number of carbonyl (C=O) groups is 1. The molecule has 0 aliphatic rings. The summed E-state index contributed by atoms with van der Waals surface area (Å²) in [6.45, 7) is 1.61. The third-order valence-electron chi connectivity index (χ3n) is 2.36. The maximum Gasteiger partial charge on any atom is 0.258 e. The van der Waals surface area contributed by atoms with Gasteiger partial charge < -0.3 is 10.3 Å². The molecule has 0 radical (unpaired) electrons. The van der Waals surface area contributed by atoms with Crippen LogP contribution >= 0.6 is 0 Å². The topological polar surface area (TPSA) is 74.8 Å². The zero-order chi connectivity index (χ0) is 13.1. The molecule has 0 atom stereocenters. The Bertz CT molecular complexity index is 652. The molecule has 0 bridgehead atoms. The van der Waals surface area contributed by atoms with Gasteiger partial charge in [-0.25, -0.2) is 4.39 Å². The first-order valence-electron chi connectivity index (χ1n) is 5.18. The van der Waals surface area contributed by atoms with E-state index in [2.05, 4.69) is 15.3 Å². The zero-order valence-corrected chi connectivity index (χ0v) is 9.53. The van der Waals surface area contributed by atoms with Crippen LogP contribution in [0.3, 0.4) is 0 Å². The first-order chi connectivity index (χ1) is 8.58. The quantitative estimate of drug-likeness (QED) is 0.843. The lowest BCUT2D eigenvalue weighted by atomic mass is 10.2.